The lowest BCUT2D eigenvalue weighted by atomic mass is 10.2. The SMILES string of the molecule is COc1ccccc1C(=O)NC(=O)COC(=O)c1ccc(Cl)cc1. The van der Waals surface area contributed by atoms with Crippen LogP contribution in [0.25, 0.3) is 0 Å². The highest BCUT2D eigenvalue weighted by atomic mass is 35.5. The Balaban J connectivity index is 1.90. The number of imide groups is 1. The number of nitrogens with one attached hydrogen (secondary N) is 1. The Morgan fingerprint density at radius 2 is 1.71 bits per heavy atom. The van der Waals surface area contributed by atoms with Gasteiger partial charge in [0, 0.05) is 5.02 Å². The molecule has 0 atom stereocenters. The maximum atomic E-state index is 12.0. The zero-order valence-corrected chi connectivity index (χ0v) is 13.5. The molecule has 0 aromatic heterocycles. The summed E-state index contributed by atoms with van der Waals surface area (Å²) in [5.74, 6) is -1.74. The minimum atomic E-state index is -0.742. The first-order valence-corrected chi connectivity index (χ1v) is 7.29. The molecular formula is C17H14ClNO5. The number of carbonyl (C=O) groups excluding carboxylic acids is 3. The van der Waals surface area contributed by atoms with Crippen LogP contribution in [-0.4, -0.2) is 31.5 Å². The first-order valence-electron chi connectivity index (χ1n) is 6.91. The van der Waals surface area contributed by atoms with Crippen LogP contribution in [0.2, 0.25) is 5.02 Å². The van der Waals surface area contributed by atoms with Crippen LogP contribution in [0.4, 0.5) is 0 Å². The Bertz CT molecular complexity index is 758. The third-order valence-electron chi connectivity index (χ3n) is 3.02. The molecule has 0 aliphatic rings. The van der Waals surface area contributed by atoms with E-state index in [0.29, 0.717) is 10.8 Å². The van der Waals surface area contributed by atoms with Crippen LogP contribution in [0.3, 0.4) is 0 Å². The normalized spacial score (nSPS) is 9.92. The zero-order valence-electron chi connectivity index (χ0n) is 12.7. The summed E-state index contributed by atoms with van der Waals surface area (Å²) < 4.78 is 9.89. The average molecular weight is 348 g/mol. The molecule has 0 heterocycles. The fraction of sp³-hybridized carbons (Fsp3) is 0.118. The molecule has 0 fully saturated rings. The largest absolute Gasteiger partial charge is 0.496 e. The molecule has 0 saturated carbocycles. The van der Waals surface area contributed by atoms with E-state index in [9.17, 15) is 14.4 Å². The van der Waals surface area contributed by atoms with Crippen LogP contribution in [0.15, 0.2) is 48.5 Å². The van der Waals surface area contributed by atoms with Gasteiger partial charge in [0.15, 0.2) is 6.61 Å². The van der Waals surface area contributed by atoms with Crippen LogP contribution in [-0.2, 0) is 9.53 Å². The van der Waals surface area contributed by atoms with Crippen LogP contribution >= 0.6 is 11.6 Å². The van der Waals surface area contributed by atoms with Crippen molar-refractivity contribution in [2.75, 3.05) is 13.7 Å². The van der Waals surface area contributed by atoms with Crippen molar-refractivity contribution in [3.63, 3.8) is 0 Å². The summed E-state index contributed by atoms with van der Waals surface area (Å²) in [6, 6.07) is 12.5. The van der Waals surface area contributed by atoms with Gasteiger partial charge in [0.25, 0.3) is 11.8 Å². The van der Waals surface area contributed by atoms with Crippen molar-refractivity contribution in [3.05, 3.63) is 64.7 Å². The number of amides is 2. The van der Waals surface area contributed by atoms with Gasteiger partial charge in [-0.3, -0.25) is 14.9 Å². The number of hydrogen-bond acceptors (Lipinski definition) is 5. The van der Waals surface area contributed by atoms with E-state index < -0.39 is 24.4 Å². The summed E-state index contributed by atoms with van der Waals surface area (Å²) in [5.41, 5.74) is 0.459. The summed E-state index contributed by atoms with van der Waals surface area (Å²) in [6.07, 6.45) is 0. The van der Waals surface area contributed by atoms with E-state index in [-0.39, 0.29) is 11.1 Å². The van der Waals surface area contributed by atoms with Gasteiger partial charge in [0.1, 0.15) is 5.75 Å². The highest BCUT2D eigenvalue weighted by Gasteiger charge is 2.16. The number of benzene rings is 2. The number of para-hydroxylation sites is 1. The Morgan fingerprint density at radius 1 is 1.04 bits per heavy atom. The van der Waals surface area contributed by atoms with E-state index >= 15 is 0 Å². The van der Waals surface area contributed by atoms with Gasteiger partial charge in [-0.25, -0.2) is 4.79 Å². The monoisotopic (exact) mass is 347 g/mol. The Labute approximate surface area is 143 Å². The van der Waals surface area contributed by atoms with Crippen molar-refractivity contribution in [1.82, 2.24) is 5.32 Å². The smallest absolute Gasteiger partial charge is 0.338 e. The molecule has 2 aromatic rings. The molecule has 7 heteroatoms. The average Bonchev–Trinajstić information content (AvgIpc) is 2.60. The Hall–Kier alpha value is -2.86. The maximum Gasteiger partial charge on any atom is 0.338 e. The van der Waals surface area contributed by atoms with Gasteiger partial charge in [-0.05, 0) is 36.4 Å². The van der Waals surface area contributed by atoms with Crippen molar-refractivity contribution in [1.29, 1.82) is 0 Å². The van der Waals surface area contributed by atoms with Gasteiger partial charge in [0.2, 0.25) is 0 Å². The molecule has 0 bridgehead atoms. The van der Waals surface area contributed by atoms with Gasteiger partial charge in [-0.2, -0.15) is 0 Å². The molecule has 0 unspecified atom stereocenters. The fourth-order valence-corrected chi connectivity index (χ4v) is 1.99. The number of esters is 1. The second-order valence-corrected chi connectivity index (χ2v) is 5.10. The quantitative estimate of drug-likeness (QED) is 0.840. The fourth-order valence-electron chi connectivity index (χ4n) is 1.86. The van der Waals surface area contributed by atoms with Crippen molar-refractivity contribution >= 4 is 29.4 Å². The number of hydrogen-bond donors (Lipinski definition) is 1. The van der Waals surface area contributed by atoms with E-state index in [1.54, 1.807) is 18.2 Å². The minimum Gasteiger partial charge on any atom is -0.496 e. The van der Waals surface area contributed by atoms with Crippen LogP contribution in [0.5, 0.6) is 5.75 Å². The zero-order chi connectivity index (χ0) is 17.5. The number of carbonyl (C=O) groups is 3. The standard InChI is InChI=1S/C17H14ClNO5/c1-23-14-5-3-2-4-13(14)16(21)19-15(20)10-24-17(22)11-6-8-12(18)9-7-11/h2-9H,10H2,1H3,(H,19,20,21). The molecule has 0 spiro atoms. The van der Waals surface area contributed by atoms with E-state index in [4.69, 9.17) is 21.1 Å². The number of methoxy groups -OCH3 is 1. The Morgan fingerprint density at radius 3 is 2.38 bits per heavy atom. The van der Waals surface area contributed by atoms with Crippen LogP contribution in [0, 0.1) is 0 Å². The molecule has 1 N–H and O–H groups in total. The molecule has 0 saturated heterocycles. The lowest BCUT2D eigenvalue weighted by Gasteiger charge is -2.08. The molecule has 2 rings (SSSR count). The van der Waals surface area contributed by atoms with Gasteiger partial charge in [-0.15, -0.1) is 0 Å². The van der Waals surface area contributed by atoms with Gasteiger partial charge in [0.05, 0.1) is 18.2 Å². The lowest BCUT2D eigenvalue weighted by Crippen LogP contribution is -2.34. The molecule has 0 radical (unpaired) electrons. The molecule has 0 aliphatic carbocycles. The first kappa shape index (κ1) is 17.5. The second kappa shape index (κ2) is 8.12. The molecule has 2 aromatic carbocycles. The summed E-state index contributed by atoms with van der Waals surface area (Å²) in [7, 11) is 1.42. The number of halogens is 1. The topological polar surface area (TPSA) is 81.7 Å². The molecular weight excluding hydrogens is 334 g/mol. The first-order chi connectivity index (χ1) is 11.5. The van der Waals surface area contributed by atoms with Gasteiger partial charge >= 0.3 is 5.97 Å². The Kier molecular flexibility index (Phi) is 5.92. The highest BCUT2D eigenvalue weighted by Crippen LogP contribution is 2.16. The molecule has 0 aliphatic heterocycles. The van der Waals surface area contributed by atoms with Gasteiger partial charge in [-0.1, -0.05) is 23.7 Å². The second-order valence-electron chi connectivity index (χ2n) is 4.66. The van der Waals surface area contributed by atoms with Crippen molar-refractivity contribution in [3.8, 4) is 5.75 Å². The predicted molar refractivity (Wildman–Crippen MR) is 87.2 cm³/mol. The van der Waals surface area contributed by atoms with Crippen molar-refractivity contribution < 1.29 is 23.9 Å². The van der Waals surface area contributed by atoms with E-state index in [0.717, 1.165) is 0 Å². The summed E-state index contributed by atoms with van der Waals surface area (Å²) in [6.45, 7) is -0.581. The number of rotatable bonds is 5. The van der Waals surface area contributed by atoms with Crippen molar-refractivity contribution in [2.45, 2.75) is 0 Å². The molecule has 124 valence electrons. The lowest BCUT2D eigenvalue weighted by molar-refractivity contribution is -0.123. The van der Waals surface area contributed by atoms with Gasteiger partial charge < -0.3 is 9.47 Å². The van der Waals surface area contributed by atoms with Crippen LogP contribution in [0.1, 0.15) is 20.7 Å². The van der Waals surface area contributed by atoms with E-state index in [1.165, 1.54) is 37.4 Å². The molecule has 2 amide bonds. The summed E-state index contributed by atoms with van der Waals surface area (Å²) in [4.78, 5) is 35.5. The maximum absolute atomic E-state index is 12.0. The van der Waals surface area contributed by atoms with Crippen molar-refractivity contribution in [2.24, 2.45) is 0 Å². The van der Waals surface area contributed by atoms with E-state index in [1.807, 2.05) is 0 Å². The highest BCUT2D eigenvalue weighted by molar-refractivity contribution is 6.30. The molecule has 24 heavy (non-hydrogen) atoms. The summed E-state index contributed by atoms with van der Waals surface area (Å²) in [5, 5.41) is 2.61. The number of ether oxygens (including phenoxy) is 2. The van der Waals surface area contributed by atoms with Crippen LogP contribution < -0.4 is 10.1 Å². The predicted octanol–water partition coefficient (Wildman–Crippen LogP) is 2.46. The molecule has 6 nitrogen and oxygen atoms in total. The summed E-state index contributed by atoms with van der Waals surface area (Å²) >= 11 is 5.72. The minimum absolute atomic E-state index is 0.206. The third kappa shape index (κ3) is 4.57. The third-order valence-corrected chi connectivity index (χ3v) is 3.27. The van der Waals surface area contributed by atoms with E-state index in [2.05, 4.69) is 5.32 Å².